The summed E-state index contributed by atoms with van der Waals surface area (Å²) in [6, 6.07) is 12.8. The first-order chi connectivity index (χ1) is 13.0. The van der Waals surface area contributed by atoms with Gasteiger partial charge in [-0.3, -0.25) is 9.63 Å². The van der Waals surface area contributed by atoms with Gasteiger partial charge in [-0.2, -0.15) is 0 Å². The molecular weight excluding hydrogens is 364 g/mol. The second kappa shape index (κ2) is 8.26. The molecule has 0 aliphatic rings. The highest BCUT2D eigenvalue weighted by Gasteiger charge is 2.15. The van der Waals surface area contributed by atoms with Crippen LogP contribution in [0.25, 0.3) is 10.6 Å². The number of aliphatic hydroxyl groups excluding tert-OH is 1. The van der Waals surface area contributed by atoms with Gasteiger partial charge in [0.2, 0.25) is 5.95 Å². The minimum Gasteiger partial charge on any atom is -0.389 e. The summed E-state index contributed by atoms with van der Waals surface area (Å²) in [6.45, 7) is 1.72. The quantitative estimate of drug-likeness (QED) is 0.631. The van der Waals surface area contributed by atoms with Crippen molar-refractivity contribution in [2.24, 2.45) is 0 Å². The molecule has 8 heteroatoms. The van der Waals surface area contributed by atoms with E-state index in [9.17, 15) is 9.90 Å². The van der Waals surface area contributed by atoms with Crippen LogP contribution in [-0.2, 0) is 4.84 Å². The number of benzene rings is 1. The number of aliphatic hydroxyl groups is 1. The van der Waals surface area contributed by atoms with Gasteiger partial charge in [0, 0.05) is 18.9 Å². The standard InChI is InChI=1S/C19H20N4O3S/c1-12(24)13-5-4-6-14(11-13)21-19-20-10-9-15(22-19)16-7-8-17(27-16)18(25)23(2)26-3/h4-12,24H,1-3H3,(H,20,21,22). The SMILES string of the molecule is CON(C)C(=O)c1ccc(-c2ccnc(Nc3cccc(C(C)O)c3)n2)s1. The highest BCUT2D eigenvalue weighted by molar-refractivity contribution is 7.17. The fraction of sp³-hybridized carbons (Fsp3) is 0.211. The van der Waals surface area contributed by atoms with E-state index in [0.717, 1.165) is 16.1 Å². The maximum absolute atomic E-state index is 12.2. The molecule has 1 aromatic carbocycles. The summed E-state index contributed by atoms with van der Waals surface area (Å²) in [5.74, 6) is 0.224. The van der Waals surface area contributed by atoms with Crippen molar-refractivity contribution < 1.29 is 14.7 Å². The third-order valence-corrected chi connectivity index (χ3v) is 5.01. The van der Waals surface area contributed by atoms with Crippen LogP contribution in [0.1, 0.15) is 28.3 Å². The molecule has 27 heavy (non-hydrogen) atoms. The number of amides is 1. The zero-order valence-corrected chi connectivity index (χ0v) is 16.0. The molecule has 1 unspecified atom stereocenters. The van der Waals surface area contributed by atoms with Crippen LogP contribution in [0.5, 0.6) is 0 Å². The number of nitrogens with one attached hydrogen (secondary N) is 1. The fourth-order valence-electron chi connectivity index (χ4n) is 2.39. The molecule has 2 heterocycles. The van der Waals surface area contributed by atoms with E-state index in [2.05, 4.69) is 15.3 Å². The largest absolute Gasteiger partial charge is 0.389 e. The number of rotatable bonds is 6. The Hall–Kier alpha value is -2.81. The summed E-state index contributed by atoms with van der Waals surface area (Å²) in [6.07, 6.45) is 1.11. The van der Waals surface area contributed by atoms with Crippen molar-refractivity contribution in [2.45, 2.75) is 13.0 Å². The molecule has 0 fully saturated rings. The van der Waals surface area contributed by atoms with Gasteiger partial charge >= 0.3 is 0 Å². The van der Waals surface area contributed by atoms with Crippen molar-refractivity contribution in [2.75, 3.05) is 19.5 Å². The highest BCUT2D eigenvalue weighted by Crippen LogP contribution is 2.28. The third-order valence-electron chi connectivity index (χ3n) is 3.91. The average molecular weight is 384 g/mol. The Kier molecular flexibility index (Phi) is 5.80. The lowest BCUT2D eigenvalue weighted by Gasteiger charge is -2.11. The smallest absolute Gasteiger partial charge is 0.287 e. The topological polar surface area (TPSA) is 87.6 Å². The maximum atomic E-state index is 12.2. The molecule has 3 rings (SSSR count). The molecule has 0 aliphatic heterocycles. The summed E-state index contributed by atoms with van der Waals surface area (Å²) in [7, 11) is 3.01. The van der Waals surface area contributed by atoms with Crippen molar-refractivity contribution in [1.29, 1.82) is 0 Å². The lowest BCUT2D eigenvalue weighted by Crippen LogP contribution is -2.24. The van der Waals surface area contributed by atoms with Gasteiger partial charge in [-0.1, -0.05) is 12.1 Å². The molecule has 0 saturated heterocycles. The lowest BCUT2D eigenvalue weighted by molar-refractivity contribution is -0.0753. The van der Waals surface area contributed by atoms with Crippen LogP contribution in [0, 0.1) is 0 Å². The van der Waals surface area contributed by atoms with E-state index in [0.29, 0.717) is 16.5 Å². The number of anilines is 2. The molecule has 0 saturated carbocycles. The molecule has 1 amide bonds. The lowest BCUT2D eigenvalue weighted by atomic mass is 10.1. The number of hydrogen-bond donors (Lipinski definition) is 2. The van der Waals surface area contributed by atoms with Crippen molar-refractivity contribution in [1.82, 2.24) is 15.0 Å². The zero-order valence-electron chi connectivity index (χ0n) is 15.2. The second-order valence-electron chi connectivity index (χ2n) is 5.84. The number of hydroxylamine groups is 2. The summed E-state index contributed by atoms with van der Waals surface area (Å²) in [4.78, 5) is 27.3. The second-order valence-corrected chi connectivity index (χ2v) is 6.92. The summed E-state index contributed by atoms with van der Waals surface area (Å²) in [5.41, 5.74) is 2.30. The molecule has 7 nitrogen and oxygen atoms in total. The molecular formula is C19H20N4O3S. The Bertz CT molecular complexity index is 942. The van der Waals surface area contributed by atoms with Crippen LogP contribution in [-0.4, -0.2) is 40.2 Å². The minimum absolute atomic E-state index is 0.212. The van der Waals surface area contributed by atoms with Crippen LogP contribution >= 0.6 is 11.3 Å². The number of nitrogens with zero attached hydrogens (tertiary/aromatic N) is 3. The molecule has 0 radical (unpaired) electrons. The number of aromatic nitrogens is 2. The average Bonchev–Trinajstić information content (AvgIpc) is 3.17. The summed E-state index contributed by atoms with van der Waals surface area (Å²) in [5, 5.41) is 14.0. The van der Waals surface area contributed by atoms with Crippen LogP contribution in [0.15, 0.2) is 48.7 Å². The molecule has 2 aromatic heterocycles. The van der Waals surface area contributed by atoms with Crippen LogP contribution < -0.4 is 5.32 Å². The first kappa shape index (κ1) is 19.0. The van der Waals surface area contributed by atoms with Crippen molar-refractivity contribution >= 4 is 28.9 Å². The van der Waals surface area contributed by atoms with Gasteiger partial charge in [-0.05, 0) is 42.8 Å². The van der Waals surface area contributed by atoms with Crippen LogP contribution in [0.3, 0.4) is 0 Å². The Labute approximate surface area is 161 Å². The van der Waals surface area contributed by atoms with E-state index >= 15 is 0 Å². The van der Waals surface area contributed by atoms with Gasteiger partial charge in [0.05, 0.1) is 28.7 Å². The predicted octanol–water partition coefficient (Wildman–Crippen LogP) is 3.64. The molecule has 0 aliphatic carbocycles. The third kappa shape index (κ3) is 4.48. The van der Waals surface area contributed by atoms with Gasteiger partial charge in [0.15, 0.2) is 0 Å². The van der Waals surface area contributed by atoms with Crippen molar-refractivity contribution in [3.8, 4) is 10.6 Å². The van der Waals surface area contributed by atoms with E-state index in [1.165, 1.54) is 23.5 Å². The monoisotopic (exact) mass is 384 g/mol. The summed E-state index contributed by atoms with van der Waals surface area (Å²) < 4.78 is 0. The minimum atomic E-state index is -0.550. The van der Waals surface area contributed by atoms with E-state index in [4.69, 9.17) is 4.84 Å². The van der Waals surface area contributed by atoms with Gasteiger partial charge in [-0.15, -0.1) is 11.3 Å². The van der Waals surface area contributed by atoms with E-state index in [1.807, 2.05) is 30.3 Å². The van der Waals surface area contributed by atoms with Gasteiger partial charge in [-0.25, -0.2) is 15.0 Å². The molecule has 0 bridgehead atoms. The molecule has 1 atom stereocenters. The zero-order chi connectivity index (χ0) is 19.4. The van der Waals surface area contributed by atoms with Gasteiger partial charge in [0.25, 0.3) is 5.91 Å². The molecule has 2 N–H and O–H groups in total. The highest BCUT2D eigenvalue weighted by atomic mass is 32.1. The number of carbonyl (C=O) groups is 1. The van der Waals surface area contributed by atoms with E-state index in [1.54, 1.807) is 32.3 Å². The Morgan fingerprint density at radius 3 is 2.85 bits per heavy atom. The summed E-state index contributed by atoms with van der Waals surface area (Å²) >= 11 is 1.34. The normalized spacial score (nSPS) is 11.9. The first-order valence-electron chi connectivity index (χ1n) is 8.28. The number of hydrogen-bond acceptors (Lipinski definition) is 7. The van der Waals surface area contributed by atoms with Crippen LogP contribution in [0.4, 0.5) is 11.6 Å². The van der Waals surface area contributed by atoms with Crippen molar-refractivity contribution in [3.05, 3.63) is 59.1 Å². The Morgan fingerprint density at radius 2 is 2.11 bits per heavy atom. The van der Waals surface area contributed by atoms with E-state index < -0.39 is 6.10 Å². The Balaban J connectivity index is 1.81. The fourth-order valence-corrected chi connectivity index (χ4v) is 3.33. The Morgan fingerprint density at radius 1 is 1.30 bits per heavy atom. The van der Waals surface area contributed by atoms with Gasteiger partial charge in [0.1, 0.15) is 0 Å². The van der Waals surface area contributed by atoms with E-state index in [-0.39, 0.29) is 5.91 Å². The number of thiophene rings is 1. The van der Waals surface area contributed by atoms with Gasteiger partial charge < -0.3 is 10.4 Å². The molecule has 140 valence electrons. The molecule has 3 aromatic rings. The number of carbonyl (C=O) groups excluding carboxylic acids is 1. The predicted molar refractivity (Wildman–Crippen MR) is 105 cm³/mol. The maximum Gasteiger partial charge on any atom is 0.287 e. The first-order valence-corrected chi connectivity index (χ1v) is 9.10. The molecule has 0 spiro atoms. The van der Waals surface area contributed by atoms with Crippen LogP contribution in [0.2, 0.25) is 0 Å². The van der Waals surface area contributed by atoms with Crippen molar-refractivity contribution in [3.63, 3.8) is 0 Å².